The minimum atomic E-state index is -0.465. The fourth-order valence-electron chi connectivity index (χ4n) is 2.90. The lowest BCUT2D eigenvalue weighted by Gasteiger charge is -2.14. The summed E-state index contributed by atoms with van der Waals surface area (Å²) in [6, 6.07) is 12.5. The number of carbonyl (C=O) groups is 2. The third-order valence-corrected chi connectivity index (χ3v) is 4.79. The molecule has 0 heterocycles. The van der Waals surface area contributed by atoms with Gasteiger partial charge >= 0.3 is 0 Å². The number of nitro groups is 1. The molecule has 2 aromatic carbocycles. The molecule has 7 nitrogen and oxygen atoms in total. The van der Waals surface area contributed by atoms with Gasteiger partial charge in [0.2, 0.25) is 5.91 Å². The third kappa shape index (κ3) is 4.49. The molecule has 2 aromatic rings. The highest BCUT2D eigenvalue weighted by atomic mass is 16.6. The first-order chi connectivity index (χ1) is 12.8. The van der Waals surface area contributed by atoms with Gasteiger partial charge in [0.1, 0.15) is 0 Å². The number of nitrogens with one attached hydrogen (secondary N) is 2. The smallest absolute Gasteiger partial charge is 0.269 e. The number of hydrogen-bond acceptors (Lipinski definition) is 4. The average Bonchev–Trinajstić information content (AvgIpc) is 3.39. The van der Waals surface area contributed by atoms with Crippen molar-refractivity contribution >= 4 is 23.2 Å². The number of hydrogen-bond donors (Lipinski definition) is 2. The van der Waals surface area contributed by atoms with E-state index in [1.54, 1.807) is 43.3 Å². The van der Waals surface area contributed by atoms with Crippen LogP contribution in [-0.4, -0.2) is 16.7 Å². The quantitative estimate of drug-likeness (QED) is 0.600. The summed E-state index contributed by atoms with van der Waals surface area (Å²) in [5.41, 5.74) is 1.74. The Labute approximate surface area is 156 Å². The Bertz CT molecular complexity index is 879. The largest absolute Gasteiger partial charge is 0.346 e. The molecular formula is C20H21N3O4. The Balaban J connectivity index is 1.61. The van der Waals surface area contributed by atoms with Crippen LogP contribution in [0.5, 0.6) is 0 Å². The van der Waals surface area contributed by atoms with Gasteiger partial charge in [-0.2, -0.15) is 0 Å². The number of anilines is 1. The van der Waals surface area contributed by atoms with Crippen LogP contribution in [0.1, 0.15) is 42.2 Å². The second-order valence-corrected chi connectivity index (χ2v) is 6.93. The molecule has 0 spiro atoms. The number of carbonyl (C=O) groups excluding carboxylic acids is 2. The molecular weight excluding hydrogens is 346 g/mol. The molecule has 0 aliphatic heterocycles. The van der Waals surface area contributed by atoms with E-state index in [1.807, 2.05) is 6.92 Å². The lowest BCUT2D eigenvalue weighted by molar-refractivity contribution is -0.384. The summed E-state index contributed by atoms with van der Waals surface area (Å²) in [5.74, 6) is 0.246. The molecule has 1 aliphatic rings. The van der Waals surface area contributed by atoms with E-state index in [0.717, 1.165) is 6.42 Å². The number of amides is 2. The van der Waals surface area contributed by atoms with Crippen molar-refractivity contribution in [1.82, 2.24) is 5.32 Å². The van der Waals surface area contributed by atoms with E-state index in [2.05, 4.69) is 10.6 Å². The van der Waals surface area contributed by atoms with E-state index < -0.39 is 4.92 Å². The number of nitro benzene ring substituents is 1. The van der Waals surface area contributed by atoms with Crippen LogP contribution in [0.25, 0.3) is 0 Å². The Morgan fingerprint density at radius 1 is 1.19 bits per heavy atom. The highest BCUT2D eigenvalue weighted by molar-refractivity contribution is 5.97. The second kappa shape index (κ2) is 7.57. The predicted octanol–water partition coefficient (Wildman–Crippen LogP) is 3.68. The van der Waals surface area contributed by atoms with Gasteiger partial charge in [-0.3, -0.25) is 19.7 Å². The molecule has 3 unspecified atom stereocenters. The Morgan fingerprint density at radius 3 is 2.44 bits per heavy atom. The van der Waals surface area contributed by atoms with E-state index in [9.17, 15) is 19.7 Å². The SMILES string of the molecule is CC(NC(=O)c1ccc(NC(=O)C2CC2C)cc1)c1cccc([N+](=O)[O-])c1. The average molecular weight is 367 g/mol. The first kappa shape index (κ1) is 18.6. The van der Waals surface area contributed by atoms with Crippen LogP contribution >= 0.6 is 0 Å². The number of nitrogens with zero attached hydrogens (tertiary/aromatic N) is 1. The van der Waals surface area contributed by atoms with Gasteiger partial charge in [0.05, 0.1) is 11.0 Å². The molecule has 1 fully saturated rings. The van der Waals surface area contributed by atoms with Crippen molar-refractivity contribution in [3.8, 4) is 0 Å². The van der Waals surface area contributed by atoms with Gasteiger partial charge in [-0.1, -0.05) is 19.1 Å². The lowest BCUT2D eigenvalue weighted by atomic mass is 10.1. The fraction of sp³-hybridized carbons (Fsp3) is 0.300. The molecule has 7 heteroatoms. The van der Waals surface area contributed by atoms with Crippen LogP contribution in [0.15, 0.2) is 48.5 Å². The van der Waals surface area contributed by atoms with Crippen molar-refractivity contribution in [3.63, 3.8) is 0 Å². The van der Waals surface area contributed by atoms with Crippen molar-refractivity contribution < 1.29 is 14.5 Å². The molecule has 2 amide bonds. The van der Waals surface area contributed by atoms with Crippen molar-refractivity contribution in [3.05, 3.63) is 69.8 Å². The van der Waals surface area contributed by atoms with Gasteiger partial charge in [0.25, 0.3) is 11.6 Å². The standard InChI is InChI=1S/C20H21N3O4/c1-12-10-18(12)20(25)22-16-8-6-14(7-9-16)19(24)21-13(2)15-4-3-5-17(11-15)23(26)27/h3-9,11-13,18H,10H2,1-2H3,(H,21,24)(H,22,25). The molecule has 27 heavy (non-hydrogen) atoms. The Hall–Kier alpha value is -3.22. The first-order valence-electron chi connectivity index (χ1n) is 8.81. The molecule has 0 radical (unpaired) electrons. The maximum Gasteiger partial charge on any atom is 0.269 e. The zero-order chi connectivity index (χ0) is 19.6. The van der Waals surface area contributed by atoms with E-state index in [4.69, 9.17) is 0 Å². The predicted molar refractivity (Wildman–Crippen MR) is 101 cm³/mol. The Kier molecular flexibility index (Phi) is 5.21. The summed E-state index contributed by atoms with van der Waals surface area (Å²) >= 11 is 0. The third-order valence-electron chi connectivity index (χ3n) is 4.79. The van der Waals surface area contributed by atoms with Crippen LogP contribution in [0.2, 0.25) is 0 Å². The summed E-state index contributed by atoms with van der Waals surface area (Å²) in [4.78, 5) is 34.8. The molecule has 0 saturated heterocycles. The number of benzene rings is 2. The van der Waals surface area contributed by atoms with Gasteiger partial charge in [-0.25, -0.2) is 0 Å². The summed E-state index contributed by atoms with van der Waals surface area (Å²) in [7, 11) is 0. The molecule has 3 rings (SSSR count). The van der Waals surface area contributed by atoms with Gasteiger partial charge in [-0.15, -0.1) is 0 Å². The fourth-order valence-corrected chi connectivity index (χ4v) is 2.90. The summed E-state index contributed by atoms with van der Waals surface area (Å²) in [6.45, 7) is 3.81. The van der Waals surface area contributed by atoms with Gasteiger partial charge < -0.3 is 10.6 Å². The molecule has 3 atom stereocenters. The molecule has 0 aromatic heterocycles. The second-order valence-electron chi connectivity index (χ2n) is 6.93. The van der Waals surface area contributed by atoms with Crippen molar-refractivity contribution in [2.24, 2.45) is 11.8 Å². The van der Waals surface area contributed by atoms with Crippen molar-refractivity contribution in [2.75, 3.05) is 5.32 Å². The summed E-state index contributed by atoms with van der Waals surface area (Å²) in [5, 5.41) is 16.6. The zero-order valence-corrected chi connectivity index (χ0v) is 15.1. The number of rotatable bonds is 6. The van der Waals surface area contributed by atoms with E-state index in [1.165, 1.54) is 12.1 Å². The van der Waals surface area contributed by atoms with Gasteiger partial charge in [0, 0.05) is 29.3 Å². The van der Waals surface area contributed by atoms with Gasteiger partial charge in [-0.05, 0) is 49.1 Å². The summed E-state index contributed by atoms with van der Waals surface area (Å²) < 4.78 is 0. The van der Waals surface area contributed by atoms with Gasteiger partial charge in [0.15, 0.2) is 0 Å². The number of non-ortho nitro benzene ring substituents is 1. The highest BCUT2D eigenvalue weighted by Gasteiger charge is 2.39. The maximum absolute atomic E-state index is 12.4. The molecule has 1 aliphatic carbocycles. The van der Waals surface area contributed by atoms with Crippen LogP contribution in [-0.2, 0) is 4.79 Å². The monoisotopic (exact) mass is 367 g/mol. The summed E-state index contributed by atoms with van der Waals surface area (Å²) in [6.07, 6.45) is 0.919. The van der Waals surface area contributed by atoms with Crippen molar-refractivity contribution in [2.45, 2.75) is 26.3 Å². The maximum atomic E-state index is 12.4. The highest BCUT2D eigenvalue weighted by Crippen LogP contribution is 2.38. The minimum absolute atomic E-state index is 0.0130. The first-order valence-corrected chi connectivity index (χ1v) is 8.81. The normalized spacial score (nSPS) is 19.0. The molecule has 1 saturated carbocycles. The van der Waals surface area contributed by atoms with Crippen LogP contribution in [0.3, 0.4) is 0 Å². The van der Waals surface area contributed by atoms with E-state index >= 15 is 0 Å². The molecule has 140 valence electrons. The van der Waals surface area contributed by atoms with E-state index in [-0.39, 0.29) is 29.5 Å². The van der Waals surface area contributed by atoms with Crippen LogP contribution in [0, 0.1) is 22.0 Å². The van der Waals surface area contributed by atoms with Crippen molar-refractivity contribution in [1.29, 1.82) is 0 Å². The van der Waals surface area contributed by atoms with Crippen LogP contribution < -0.4 is 10.6 Å². The zero-order valence-electron chi connectivity index (χ0n) is 15.1. The molecule has 2 N–H and O–H groups in total. The Morgan fingerprint density at radius 2 is 1.85 bits per heavy atom. The lowest BCUT2D eigenvalue weighted by Crippen LogP contribution is -2.26. The minimum Gasteiger partial charge on any atom is -0.346 e. The molecule has 0 bridgehead atoms. The van der Waals surface area contributed by atoms with E-state index in [0.29, 0.717) is 22.7 Å². The topological polar surface area (TPSA) is 101 Å². The van der Waals surface area contributed by atoms with Crippen LogP contribution in [0.4, 0.5) is 11.4 Å².